The molecule has 0 spiro atoms. The maximum Gasteiger partial charge on any atom is 0.338 e. The third kappa shape index (κ3) is 6.65. The maximum absolute atomic E-state index is 12.9. The summed E-state index contributed by atoms with van der Waals surface area (Å²) in [5, 5.41) is 14.5. The quantitative estimate of drug-likeness (QED) is 0.432. The Balaban J connectivity index is 0.00000190. The van der Waals surface area contributed by atoms with Gasteiger partial charge in [0.2, 0.25) is 0 Å². The van der Waals surface area contributed by atoms with Crippen LogP contribution in [0.5, 0.6) is 0 Å². The second kappa shape index (κ2) is 12.6. The molecule has 1 saturated heterocycles. The first-order valence-electron chi connectivity index (χ1n) is 12.8. The molecular weight excluding hydrogens is 507 g/mol. The predicted octanol–water partition coefficient (Wildman–Crippen LogP) is 5.45. The number of nitrogens with zero attached hydrogens (tertiary/aromatic N) is 2. The van der Waals surface area contributed by atoms with E-state index in [9.17, 15) is 9.90 Å². The van der Waals surface area contributed by atoms with E-state index in [1.54, 1.807) is 0 Å². The summed E-state index contributed by atoms with van der Waals surface area (Å²) in [5.41, 5.74) is 1.66. The molecule has 1 N–H and O–H groups in total. The Kier molecular flexibility index (Phi) is 10.0. The lowest BCUT2D eigenvalue weighted by Crippen LogP contribution is -2.52. The molecule has 2 aliphatic rings. The van der Waals surface area contributed by atoms with Gasteiger partial charge in [-0.3, -0.25) is 0 Å². The molecule has 1 aliphatic carbocycles. The molecular formula is C30H38Cl2N2O3. The first-order chi connectivity index (χ1) is 16.9. The largest absolute Gasteiger partial charge is 0.459 e. The molecule has 2 fully saturated rings. The Labute approximate surface area is 232 Å². The first kappa shape index (κ1) is 29.4. The normalized spacial score (nSPS) is 24.6. The van der Waals surface area contributed by atoms with Crippen molar-refractivity contribution in [3.05, 3.63) is 83.4 Å². The third-order valence-corrected chi connectivity index (χ3v) is 7.92. The van der Waals surface area contributed by atoms with Crippen LogP contribution in [0.3, 0.4) is 0 Å². The van der Waals surface area contributed by atoms with Crippen molar-refractivity contribution in [1.82, 2.24) is 9.80 Å². The SMILES string of the molecule is Cc1cccc(C(=O)OC2CCC(O)(c3ccc4ccccc4c3)C(CN3CCN(C)CC3)C2)c1.Cl.Cl. The highest BCUT2D eigenvalue weighted by molar-refractivity contribution is 5.89. The number of ether oxygens (including phenoxy) is 1. The summed E-state index contributed by atoms with van der Waals surface area (Å²) in [7, 11) is 2.16. The van der Waals surface area contributed by atoms with Crippen molar-refractivity contribution in [2.75, 3.05) is 39.8 Å². The molecule has 1 saturated carbocycles. The van der Waals surface area contributed by atoms with Crippen molar-refractivity contribution in [2.45, 2.75) is 37.9 Å². The molecule has 5 rings (SSSR count). The number of carbonyl (C=O) groups excluding carboxylic acids is 1. The number of fused-ring (bicyclic) bond motifs is 1. The molecule has 0 bridgehead atoms. The van der Waals surface area contributed by atoms with Gasteiger partial charge < -0.3 is 19.6 Å². The second-order valence-corrected chi connectivity index (χ2v) is 10.5. The van der Waals surface area contributed by atoms with Gasteiger partial charge in [0.15, 0.2) is 0 Å². The zero-order valence-corrected chi connectivity index (χ0v) is 23.3. The lowest BCUT2D eigenvalue weighted by molar-refractivity contribution is -0.100. The molecule has 0 amide bonds. The average Bonchev–Trinajstić information content (AvgIpc) is 2.87. The van der Waals surface area contributed by atoms with Crippen LogP contribution in [0.2, 0.25) is 0 Å². The minimum absolute atomic E-state index is 0. The summed E-state index contributed by atoms with van der Waals surface area (Å²) in [4.78, 5) is 17.7. The molecule has 3 aromatic rings. The van der Waals surface area contributed by atoms with Crippen LogP contribution in [0.1, 0.15) is 40.7 Å². The first-order valence-corrected chi connectivity index (χ1v) is 12.8. The van der Waals surface area contributed by atoms with Crippen molar-refractivity contribution < 1.29 is 14.6 Å². The zero-order valence-electron chi connectivity index (χ0n) is 21.6. The highest BCUT2D eigenvalue weighted by Crippen LogP contribution is 2.44. The number of piperazine rings is 1. The zero-order chi connectivity index (χ0) is 24.4. The van der Waals surface area contributed by atoms with Crippen molar-refractivity contribution in [1.29, 1.82) is 0 Å². The molecule has 3 unspecified atom stereocenters. The average molecular weight is 546 g/mol. The Morgan fingerprint density at radius 1 is 0.973 bits per heavy atom. The molecule has 37 heavy (non-hydrogen) atoms. The number of esters is 1. The number of carbonyl (C=O) groups is 1. The summed E-state index contributed by atoms with van der Waals surface area (Å²) >= 11 is 0. The fourth-order valence-corrected chi connectivity index (χ4v) is 5.72. The van der Waals surface area contributed by atoms with Crippen LogP contribution >= 0.6 is 24.8 Å². The molecule has 7 heteroatoms. The van der Waals surface area contributed by atoms with Gasteiger partial charge >= 0.3 is 5.97 Å². The van der Waals surface area contributed by atoms with Gasteiger partial charge in [0.05, 0.1) is 11.2 Å². The number of rotatable bonds is 5. The van der Waals surface area contributed by atoms with Crippen LogP contribution in [-0.4, -0.2) is 66.8 Å². The second-order valence-electron chi connectivity index (χ2n) is 10.5. The van der Waals surface area contributed by atoms with Gasteiger partial charge in [0.1, 0.15) is 6.10 Å². The summed E-state index contributed by atoms with van der Waals surface area (Å²) in [6, 6.07) is 22.2. The fraction of sp³-hybridized carbons (Fsp3) is 0.433. The van der Waals surface area contributed by atoms with Crippen LogP contribution in [0.15, 0.2) is 66.7 Å². The fourth-order valence-electron chi connectivity index (χ4n) is 5.72. The van der Waals surface area contributed by atoms with Gasteiger partial charge in [-0.15, -0.1) is 24.8 Å². The Hall–Kier alpha value is -2.15. The van der Waals surface area contributed by atoms with Gasteiger partial charge in [0.25, 0.3) is 0 Å². The molecule has 5 nitrogen and oxygen atoms in total. The Morgan fingerprint density at radius 3 is 2.43 bits per heavy atom. The van der Waals surface area contributed by atoms with Crippen LogP contribution in [0, 0.1) is 12.8 Å². The van der Waals surface area contributed by atoms with Crippen molar-refractivity contribution >= 4 is 41.6 Å². The lowest BCUT2D eigenvalue weighted by Gasteiger charge is -2.46. The van der Waals surface area contributed by atoms with Crippen molar-refractivity contribution in [2.24, 2.45) is 5.92 Å². The minimum Gasteiger partial charge on any atom is -0.459 e. The predicted molar refractivity (Wildman–Crippen MR) is 154 cm³/mol. The van der Waals surface area contributed by atoms with E-state index < -0.39 is 5.60 Å². The van der Waals surface area contributed by atoms with E-state index in [4.69, 9.17) is 4.74 Å². The van der Waals surface area contributed by atoms with E-state index in [1.807, 2.05) is 43.3 Å². The number of hydrogen-bond acceptors (Lipinski definition) is 5. The molecule has 1 heterocycles. The Morgan fingerprint density at radius 2 is 1.70 bits per heavy atom. The number of aryl methyl sites for hydroxylation is 1. The van der Waals surface area contributed by atoms with Crippen molar-refractivity contribution in [3.63, 3.8) is 0 Å². The minimum atomic E-state index is -0.945. The monoisotopic (exact) mass is 544 g/mol. The third-order valence-electron chi connectivity index (χ3n) is 7.92. The number of hydrogen-bond donors (Lipinski definition) is 1. The van der Waals surface area contributed by atoms with Crippen LogP contribution in [-0.2, 0) is 10.3 Å². The van der Waals surface area contributed by atoms with E-state index in [0.29, 0.717) is 24.8 Å². The number of halogens is 2. The van der Waals surface area contributed by atoms with Gasteiger partial charge in [-0.25, -0.2) is 4.79 Å². The summed E-state index contributed by atoms with van der Waals surface area (Å²) in [6.07, 6.45) is 1.70. The van der Waals surface area contributed by atoms with E-state index in [-0.39, 0.29) is 42.8 Å². The number of benzene rings is 3. The smallest absolute Gasteiger partial charge is 0.338 e. The van der Waals surface area contributed by atoms with Crippen LogP contribution in [0.25, 0.3) is 10.8 Å². The molecule has 200 valence electrons. The van der Waals surface area contributed by atoms with Gasteiger partial charge in [-0.05, 0) is 67.8 Å². The van der Waals surface area contributed by atoms with Gasteiger partial charge in [0, 0.05) is 38.6 Å². The molecule has 1 aliphatic heterocycles. The van der Waals surface area contributed by atoms with Crippen molar-refractivity contribution in [3.8, 4) is 0 Å². The van der Waals surface area contributed by atoms with E-state index >= 15 is 0 Å². The number of likely N-dealkylation sites (N-methyl/N-ethyl adjacent to an activating group) is 1. The highest BCUT2D eigenvalue weighted by atomic mass is 35.5. The maximum atomic E-state index is 12.9. The number of aliphatic hydroxyl groups is 1. The molecule has 3 atom stereocenters. The van der Waals surface area contributed by atoms with E-state index in [2.05, 4.69) is 47.2 Å². The lowest BCUT2D eigenvalue weighted by atomic mass is 9.70. The Bertz CT molecular complexity index is 1200. The van der Waals surface area contributed by atoms with E-state index in [0.717, 1.165) is 49.2 Å². The van der Waals surface area contributed by atoms with E-state index in [1.165, 1.54) is 5.39 Å². The van der Waals surface area contributed by atoms with Crippen LogP contribution < -0.4 is 0 Å². The molecule has 0 aromatic heterocycles. The molecule has 3 aromatic carbocycles. The van der Waals surface area contributed by atoms with Gasteiger partial charge in [-0.2, -0.15) is 0 Å². The summed E-state index contributed by atoms with van der Waals surface area (Å²) in [6.45, 7) is 6.84. The highest BCUT2D eigenvalue weighted by Gasteiger charge is 2.45. The summed E-state index contributed by atoms with van der Waals surface area (Å²) < 4.78 is 5.99. The topological polar surface area (TPSA) is 53.0 Å². The van der Waals surface area contributed by atoms with Crippen LogP contribution in [0.4, 0.5) is 0 Å². The molecule has 0 radical (unpaired) electrons. The standard InChI is InChI=1S/C30H36N2O3.2ClH/c1-22-6-5-9-25(18-22)29(33)35-28-12-13-30(34,26-11-10-23-7-3-4-8-24(23)19-26)27(20-28)21-32-16-14-31(2)15-17-32;;/h3-11,18-19,27-28,34H,12-17,20-21H2,1-2H3;2*1H. The van der Waals surface area contributed by atoms with Gasteiger partial charge in [-0.1, -0.05) is 54.1 Å². The summed E-state index contributed by atoms with van der Waals surface area (Å²) in [5.74, 6) is -0.288.